The van der Waals surface area contributed by atoms with Crippen molar-refractivity contribution in [3.63, 3.8) is 0 Å². The number of ketones is 1. The summed E-state index contributed by atoms with van der Waals surface area (Å²) in [6, 6.07) is 7.01. The molecule has 0 bridgehead atoms. The smallest absolute Gasteiger partial charge is 0.290 e. The fourth-order valence-corrected chi connectivity index (χ4v) is 4.97. The Kier molecular flexibility index (Phi) is 8.80. The summed E-state index contributed by atoms with van der Waals surface area (Å²) in [6.45, 7) is 4.42. The number of ether oxygens (including phenoxy) is 5. The summed E-state index contributed by atoms with van der Waals surface area (Å²) >= 11 is 6.19. The summed E-state index contributed by atoms with van der Waals surface area (Å²) in [4.78, 5) is 28.8. The van der Waals surface area contributed by atoms with E-state index in [0.29, 0.717) is 57.6 Å². The van der Waals surface area contributed by atoms with E-state index in [-0.39, 0.29) is 24.0 Å². The number of benzene rings is 2. The van der Waals surface area contributed by atoms with Crippen molar-refractivity contribution in [2.75, 3.05) is 41.6 Å². The van der Waals surface area contributed by atoms with Crippen molar-refractivity contribution in [2.45, 2.75) is 32.4 Å². The zero-order valence-corrected chi connectivity index (χ0v) is 24.0. The number of hydrogen-bond acceptors (Lipinski definition) is 9. The van der Waals surface area contributed by atoms with Crippen molar-refractivity contribution in [3.8, 4) is 23.0 Å². The lowest BCUT2D eigenvalue weighted by Gasteiger charge is -2.28. The molecule has 2 heterocycles. The van der Waals surface area contributed by atoms with E-state index in [1.807, 2.05) is 13.8 Å². The minimum Gasteiger partial charge on any atom is -0.503 e. The summed E-state index contributed by atoms with van der Waals surface area (Å²) < 4.78 is 33.3. The predicted molar refractivity (Wildman–Crippen MR) is 148 cm³/mol. The van der Waals surface area contributed by atoms with Crippen LogP contribution in [0.15, 0.2) is 46.1 Å². The van der Waals surface area contributed by atoms with E-state index in [0.717, 1.165) is 0 Å². The van der Waals surface area contributed by atoms with Crippen LogP contribution in [0.5, 0.6) is 23.0 Å². The van der Waals surface area contributed by atoms with Crippen molar-refractivity contribution >= 4 is 34.3 Å². The number of methoxy groups -OCH3 is 4. The molecule has 2 aromatic carbocycles. The van der Waals surface area contributed by atoms with E-state index >= 15 is 0 Å². The highest BCUT2D eigenvalue weighted by Gasteiger charge is 2.45. The van der Waals surface area contributed by atoms with Gasteiger partial charge in [0, 0.05) is 29.6 Å². The first-order valence-electron chi connectivity index (χ1n) is 12.6. The topological polar surface area (TPSA) is 117 Å². The van der Waals surface area contributed by atoms with Crippen LogP contribution in [-0.4, -0.2) is 69.4 Å². The lowest BCUT2D eigenvalue weighted by molar-refractivity contribution is -0.129. The van der Waals surface area contributed by atoms with Gasteiger partial charge in [-0.05, 0) is 50.1 Å². The average molecular weight is 574 g/mol. The van der Waals surface area contributed by atoms with Gasteiger partial charge in [-0.25, -0.2) is 0 Å². The van der Waals surface area contributed by atoms with Gasteiger partial charge in [0.05, 0.1) is 46.2 Å². The normalized spacial score (nSPS) is 15.3. The number of carbonyl (C=O) groups excluding carboxylic acids is 2. The summed E-state index contributed by atoms with van der Waals surface area (Å²) in [5.41, 5.74) is 0.636. The molecule has 0 spiro atoms. The SMILES string of the molecule is COc1cc(C2C(C(=O)c3cc4cc(Cl)cc(OC)c4o3)=C(O)C(=O)N2CCCOC(C)C)cc(OC)c1OC. The van der Waals surface area contributed by atoms with Gasteiger partial charge in [0.25, 0.3) is 5.91 Å². The monoisotopic (exact) mass is 573 g/mol. The molecule has 0 saturated heterocycles. The average Bonchev–Trinajstić information content (AvgIpc) is 3.47. The van der Waals surface area contributed by atoms with Crippen LogP contribution in [0, 0.1) is 0 Å². The first kappa shape index (κ1) is 29.1. The molecule has 10 nitrogen and oxygen atoms in total. The Hall–Kier alpha value is -3.89. The third-order valence-corrected chi connectivity index (χ3v) is 6.75. The summed E-state index contributed by atoms with van der Waals surface area (Å²) in [5.74, 6) is -0.774. The largest absolute Gasteiger partial charge is 0.503 e. The van der Waals surface area contributed by atoms with Gasteiger partial charge in [0.2, 0.25) is 11.5 Å². The van der Waals surface area contributed by atoms with Crippen molar-refractivity contribution in [1.29, 1.82) is 0 Å². The lowest BCUT2D eigenvalue weighted by Crippen LogP contribution is -2.32. The molecule has 0 fully saturated rings. The fraction of sp³-hybridized carbons (Fsp3) is 0.379. The van der Waals surface area contributed by atoms with Crippen LogP contribution in [0.2, 0.25) is 5.02 Å². The van der Waals surface area contributed by atoms with Crippen LogP contribution in [0.1, 0.15) is 42.4 Å². The first-order valence-corrected chi connectivity index (χ1v) is 13.0. The molecule has 0 saturated carbocycles. The Labute approximate surface area is 236 Å². The van der Waals surface area contributed by atoms with E-state index in [1.54, 1.807) is 24.3 Å². The molecule has 1 atom stereocenters. The molecule has 1 amide bonds. The van der Waals surface area contributed by atoms with Crippen LogP contribution in [0.4, 0.5) is 0 Å². The number of rotatable bonds is 12. The molecule has 0 aliphatic carbocycles. The number of hydrogen-bond donors (Lipinski definition) is 1. The van der Waals surface area contributed by atoms with Gasteiger partial charge in [0.15, 0.2) is 34.4 Å². The van der Waals surface area contributed by atoms with Crippen LogP contribution < -0.4 is 18.9 Å². The Balaban J connectivity index is 1.83. The zero-order valence-electron chi connectivity index (χ0n) is 23.2. The fourth-order valence-electron chi connectivity index (χ4n) is 4.76. The highest BCUT2D eigenvalue weighted by Crippen LogP contribution is 2.46. The minimum atomic E-state index is -0.980. The number of carbonyl (C=O) groups is 2. The van der Waals surface area contributed by atoms with E-state index in [4.69, 9.17) is 39.7 Å². The van der Waals surface area contributed by atoms with Crippen molar-refractivity contribution < 1.29 is 42.8 Å². The number of halogens is 1. The predicted octanol–water partition coefficient (Wildman–Crippen LogP) is 5.51. The van der Waals surface area contributed by atoms with Gasteiger partial charge in [-0.15, -0.1) is 0 Å². The Morgan fingerprint density at radius 1 is 1.00 bits per heavy atom. The van der Waals surface area contributed by atoms with E-state index in [2.05, 4.69) is 0 Å². The van der Waals surface area contributed by atoms with Crippen LogP contribution in [0.25, 0.3) is 11.0 Å². The van der Waals surface area contributed by atoms with E-state index in [9.17, 15) is 14.7 Å². The molecule has 1 aromatic heterocycles. The second kappa shape index (κ2) is 12.1. The van der Waals surface area contributed by atoms with Crippen molar-refractivity contribution in [3.05, 3.63) is 58.0 Å². The first-order chi connectivity index (χ1) is 19.1. The van der Waals surface area contributed by atoms with Crippen LogP contribution >= 0.6 is 11.6 Å². The van der Waals surface area contributed by atoms with Gasteiger partial charge in [0.1, 0.15) is 0 Å². The van der Waals surface area contributed by atoms with E-state index in [1.165, 1.54) is 39.4 Å². The summed E-state index contributed by atoms with van der Waals surface area (Å²) in [5, 5.41) is 12.0. The van der Waals surface area contributed by atoms with Gasteiger partial charge >= 0.3 is 0 Å². The summed E-state index contributed by atoms with van der Waals surface area (Å²) in [6.07, 6.45) is 0.488. The molecule has 1 N–H and O–H groups in total. The molecule has 4 rings (SSSR count). The molecule has 1 unspecified atom stereocenters. The maximum absolute atomic E-state index is 14.0. The van der Waals surface area contributed by atoms with Crippen molar-refractivity contribution in [1.82, 2.24) is 4.90 Å². The summed E-state index contributed by atoms with van der Waals surface area (Å²) in [7, 11) is 5.87. The molecule has 11 heteroatoms. The second-order valence-electron chi connectivity index (χ2n) is 9.36. The van der Waals surface area contributed by atoms with Crippen LogP contribution in [-0.2, 0) is 9.53 Å². The highest BCUT2D eigenvalue weighted by atomic mass is 35.5. The molecular weight excluding hydrogens is 542 g/mol. The number of aliphatic hydroxyl groups excluding tert-OH is 1. The van der Waals surface area contributed by atoms with Crippen LogP contribution in [0.3, 0.4) is 0 Å². The molecule has 3 aromatic rings. The maximum atomic E-state index is 14.0. The molecule has 1 aliphatic heterocycles. The Morgan fingerprint density at radius 3 is 2.23 bits per heavy atom. The van der Waals surface area contributed by atoms with E-state index < -0.39 is 23.5 Å². The number of Topliss-reactive ketones (excluding diaryl/α,β-unsaturated/α-hetero) is 1. The molecule has 1 aliphatic rings. The zero-order chi connectivity index (χ0) is 29.1. The number of aliphatic hydroxyl groups is 1. The molecule has 40 heavy (non-hydrogen) atoms. The van der Waals surface area contributed by atoms with Gasteiger partial charge in [-0.1, -0.05) is 11.6 Å². The Bertz CT molecular complexity index is 1430. The number of amides is 1. The quantitative estimate of drug-likeness (QED) is 0.221. The third-order valence-electron chi connectivity index (χ3n) is 6.54. The van der Waals surface area contributed by atoms with Crippen molar-refractivity contribution in [2.24, 2.45) is 0 Å². The maximum Gasteiger partial charge on any atom is 0.290 e. The minimum absolute atomic E-state index is 0.0161. The van der Waals surface area contributed by atoms with Gasteiger partial charge in [-0.3, -0.25) is 9.59 Å². The molecule has 0 radical (unpaired) electrons. The standard InChI is InChI=1S/C29H32ClNO9/c1-15(2)39-9-7-8-31-24(16-11-20(35-3)28(38-6)21(12-16)36-4)23(26(33)29(31)34)25(32)19-13-17-10-18(30)14-22(37-5)27(17)40-19/h10-15,24,33H,7-9H2,1-6H3. The Morgan fingerprint density at radius 2 is 1.65 bits per heavy atom. The molecular formula is C29H32ClNO9. The number of fused-ring (bicyclic) bond motifs is 1. The second-order valence-corrected chi connectivity index (χ2v) is 9.80. The lowest BCUT2D eigenvalue weighted by atomic mass is 9.94. The highest BCUT2D eigenvalue weighted by molar-refractivity contribution is 6.31. The number of nitrogens with zero attached hydrogens (tertiary/aromatic N) is 1. The molecule has 214 valence electrons. The van der Waals surface area contributed by atoms with Gasteiger partial charge in [-0.2, -0.15) is 0 Å². The van der Waals surface area contributed by atoms with Gasteiger partial charge < -0.3 is 38.1 Å². The number of furan rings is 1. The third kappa shape index (κ3) is 5.41.